The number of rotatable bonds is 2. The number of nitrogens with zero attached hydrogens (tertiary/aromatic N) is 3. The fourth-order valence-corrected chi connectivity index (χ4v) is 2.44. The van der Waals surface area contributed by atoms with Gasteiger partial charge in [-0.25, -0.2) is 9.37 Å². The molecule has 0 N–H and O–H groups in total. The zero-order chi connectivity index (χ0) is 12.8. The molecule has 0 atom stereocenters. The van der Waals surface area contributed by atoms with Crippen molar-refractivity contribution in [2.75, 3.05) is 0 Å². The summed E-state index contributed by atoms with van der Waals surface area (Å²) < 4.78 is 15.5. The molecule has 1 aliphatic carbocycles. The third-order valence-electron chi connectivity index (χ3n) is 3.49. The van der Waals surface area contributed by atoms with E-state index in [1.54, 1.807) is 24.5 Å². The van der Waals surface area contributed by atoms with Crippen LogP contribution in [0.4, 0.5) is 4.39 Å². The van der Waals surface area contributed by atoms with Crippen LogP contribution in [0.25, 0.3) is 16.7 Å². The number of hydrogen-bond acceptors (Lipinski definition) is 2. The highest BCUT2D eigenvalue weighted by atomic mass is 19.1. The van der Waals surface area contributed by atoms with Gasteiger partial charge in [0.25, 0.3) is 0 Å². The van der Waals surface area contributed by atoms with Crippen LogP contribution in [0, 0.1) is 5.82 Å². The lowest BCUT2D eigenvalue weighted by atomic mass is 10.3. The number of hydrogen-bond donors (Lipinski definition) is 0. The molecule has 0 aliphatic heterocycles. The van der Waals surface area contributed by atoms with Crippen LogP contribution >= 0.6 is 0 Å². The van der Waals surface area contributed by atoms with E-state index < -0.39 is 0 Å². The topological polar surface area (TPSA) is 30.7 Å². The largest absolute Gasteiger partial charge is 0.294 e. The Kier molecular flexibility index (Phi) is 2.18. The predicted octanol–water partition coefficient (Wildman–Crippen LogP) is 3.44. The standard InChI is InChI=1S/C15H12FN3/c16-11-5-6-13-14(8-11)19(12-2-1-7-17-9-12)15(18-13)10-3-4-10/h1-2,5-10H,3-4H2. The van der Waals surface area contributed by atoms with Crippen LogP contribution in [-0.4, -0.2) is 14.5 Å². The number of aromatic nitrogens is 3. The normalized spacial score (nSPS) is 15.0. The van der Waals surface area contributed by atoms with E-state index in [0.29, 0.717) is 5.92 Å². The van der Waals surface area contributed by atoms with Crippen LogP contribution < -0.4 is 0 Å². The lowest BCUT2D eigenvalue weighted by Crippen LogP contribution is -2.00. The minimum absolute atomic E-state index is 0.236. The molecule has 1 fully saturated rings. The summed E-state index contributed by atoms with van der Waals surface area (Å²) in [5, 5.41) is 0. The number of halogens is 1. The van der Waals surface area contributed by atoms with E-state index in [-0.39, 0.29) is 5.82 Å². The molecular formula is C15H12FN3. The van der Waals surface area contributed by atoms with Crippen LogP contribution in [0.5, 0.6) is 0 Å². The van der Waals surface area contributed by atoms with Gasteiger partial charge in [-0.15, -0.1) is 0 Å². The first kappa shape index (κ1) is 10.7. The van der Waals surface area contributed by atoms with Crippen LogP contribution in [-0.2, 0) is 0 Å². The van der Waals surface area contributed by atoms with Crippen LogP contribution in [0.2, 0.25) is 0 Å². The molecule has 0 amide bonds. The Morgan fingerprint density at radius 1 is 1.21 bits per heavy atom. The molecule has 4 rings (SSSR count). The second-order valence-electron chi connectivity index (χ2n) is 4.92. The van der Waals surface area contributed by atoms with Crippen LogP contribution in [0.1, 0.15) is 24.6 Å². The Bertz CT molecular complexity index is 745. The molecule has 19 heavy (non-hydrogen) atoms. The maximum absolute atomic E-state index is 13.5. The summed E-state index contributed by atoms with van der Waals surface area (Å²) in [7, 11) is 0. The molecule has 0 radical (unpaired) electrons. The van der Waals surface area contributed by atoms with Gasteiger partial charge >= 0.3 is 0 Å². The Balaban J connectivity index is 2.05. The molecule has 3 nitrogen and oxygen atoms in total. The second kappa shape index (κ2) is 3.88. The minimum Gasteiger partial charge on any atom is -0.294 e. The Morgan fingerprint density at radius 3 is 2.84 bits per heavy atom. The van der Waals surface area contributed by atoms with Gasteiger partial charge in [0.2, 0.25) is 0 Å². The van der Waals surface area contributed by atoms with E-state index in [2.05, 4.69) is 9.97 Å². The predicted molar refractivity (Wildman–Crippen MR) is 70.8 cm³/mol. The first-order chi connectivity index (χ1) is 9.33. The summed E-state index contributed by atoms with van der Waals surface area (Å²) in [6.45, 7) is 0. The zero-order valence-electron chi connectivity index (χ0n) is 10.3. The van der Waals surface area contributed by atoms with Crippen molar-refractivity contribution in [3.63, 3.8) is 0 Å². The van der Waals surface area contributed by atoms with Crippen LogP contribution in [0.15, 0.2) is 42.7 Å². The Labute approximate surface area is 109 Å². The number of benzene rings is 1. The highest BCUT2D eigenvalue weighted by Gasteiger charge is 2.30. The highest BCUT2D eigenvalue weighted by Crippen LogP contribution is 2.41. The Morgan fingerprint density at radius 2 is 2.11 bits per heavy atom. The van der Waals surface area contributed by atoms with Gasteiger partial charge in [0.15, 0.2) is 0 Å². The van der Waals surface area contributed by atoms with Crippen molar-refractivity contribution in [3.05, 3.63) is 54.4 Å². The van der Waals surface area contributed by atoms with Crippen molar-refractivity contribution in [1.29, 1.82) is 0 Å². The molecule has 0 unspecified atom stereocenters. The first-order valence-electron chi connectivity index (χ1n) is 6.41. The van der Waals surface area contributed by atoms with E-state index in [0.717, 1.165) is 35.4 Å². The van der Waals surface area contributed by atoms with Gasteiger partial charge in [-0.05, 0) is 37.1 Å². The van der Waals surface area contributed by atoms with Gasteiger partial charge in [-0.1, -0.05) is 0 Å². The van der Waals surface area contributed by atoms with Crippen molar-refractivity contribution in [3.8, 4) is 5.69 Å². The van der Waals surface area contributed by atoms with Gasteiger partial charge in [0.1, 0.15) is 11.6 Å². The smallest absolute Gasteiger partial charge is 0.125 e. The summed E-state index contributed by atoms with van der Waals surface area (Å²) in [6, 6.07) is 8.60. The van der Waals surface area contributed by atoms with Gasteiger partial charge in [-0.3, -0.25) is 9.55 Å². The number of imidazole rings is 1. The molecule has 2 aromatic heterocycles. The highest BCUT2D eigenvalue weighted by molar-refractivity contribution is 5.78. The quantitative estimate of drug-likeness (QED) is 0.700. The summed E-state index contributed by atoms with van der Waals surface area (Å²) in [5.74, 6) is 1.28. The van der Waals surface area contributed by atoms with Crippen molar-refractivity contribution in [2.45, 2.75) is 18.8 Å². The maximum Gasteiger partial charge on any atom is 0.125 e. The van der Waals surface area contributed by atoms with Gasteiger partial charge in [0.05, 0.1) is 22.9 Å². The molecule has 94 valence electrons. The molecule has 1 aromatic carbocycles. The van der Waals surface area contributed by atoms with E-state index in [1.165, 1.54) is 6.07 Å². The monoisotopic (exact) mass is 253 g/mol. The molecule has 4 heteroatoms. The average Bonchev–Trinajstić information content (AvgIpc) is 3.21. The first-order valence-corrected chi connectivity index (χ1v) is 6.41. The molecule has 1 saturated carbocycles. The van der Waals surface area contributed by atoms with E-state index >= 15 is 0 Å². The maximum atomic E-state index is 13.5. The second-order valence-corrected chi connectivity index (χ2v) is 4.92. The third-order valence-corrected chi connectivity index (χ3v) is 3.49. The van der Waals surface area contributed by atoms with Gasteiger partial charge in [-0.2, -0.15) is 0 Å². The van der Waals surface area contributed by atoms with Crippen molar-refractivity contribution in [2.24, 2.45) is 0 Å². The SMILES string of the molecule is Fc1ccc2nc(C3CC3)n(-c3cccnc3)c2c1. The van der Waals surface area contributed by atoms with Gasteiger partial charge < -0.3 is 0 Å². The summed E-state index contributed by atoms with van der Waals surface area (Å²) >= 11 is 0. The average molecular weight is 253 g/mol. The molecule has 2 heterocycles. The lowest BCUT2D eigenvalue weighted by molar-refractivity contribution is 0.629. The molecule has 1 aliphatic rings. The number of fused-ring (bicyclic) bond motifs is 1. The lowest BCUT2D eigenvalue weighted by Gasteiger charge is -2.07. The molecular weight excluding hydrogens is 241 g/mol. The van der Waals surface area contributed by atoms with Crippen molar-refractivity contribution >= 4 is 11.0 Å². The third kappa shape index (κ3) is 1.71. The Hall–Kier alpha value is -2.23. The van der Waals surface area contributed by atoms with E-state index in [9.17, 15) is 4.39 Å². The van der Waals surface area contributed by atoms with Crippen molar-refractivity contribution in [1.82, 2.24) is 14.5 Å². The molecule has 0 spiro atoms. The zero-order valence-corrected chi connectivity index (χ0v) is 10.3. The molecule has 3 aromatic rings. The fraction of sp³-hybridized carbons (Fsp3) is 0.200. The summed E-state index contributed by atoms with van der Waals surface area (Å²) in [4.78, 5) is 8.81. The van der Waals surface area contributed by atoms with Gasteiger partial charge in [0, 0.05) is 18.2 Å². The number of pyridine rings is 1. The van der Waals surface area contributed by atoms with Crippen LogP contribution in [0.3, 0.4) is 0 Å². The minimum atomic E-state index is -0.236. The summed E-state index contributed by atoms with van der Waals surface area (Å²) in [5.41, 5.74) is 2.60. The van der Waals surface area contributed by atoms with Crippen molar-refractivity contribution < 1.29 is 4.39 Å². The molecule has 0 saturated heterocycles. The summed E-state index contributed by atoms with van der Waals surface area (Å²) in [6.07, 6.45) is 5.84. The molecule has 0 bridgehead atoms. The van der Waals surface area contributed by atoms with E-state index in [1.807, 2.05) is 16.7 Å². The van der Waals surface area contributed by atoms with E-state index in [4.69, 9.17) is 0 Å². The fourth-order valence-electron chi connectivity index (χ4n) is 2.44.